The zero-order chi connectivity index (χ0) is 15.1. The molecule has 0 aliphatic rings. The van der Waals surface area contributed by atoms with Gasteiger partial charge in [-0.1, -0.05) is 36.4 Å². The summed E-state index contributed by atoms with van der Waals surface area (Å²) in [5.41, 5.74) is 8.88. The maximum atomic E-state index is 6.24. The van der Waals surface area contributed by atoms with E-state index in [4.69, 9.17) is 10.5 Å². The zero-order valence-corrected chi connectivity index (χ0v) is 14.0. The van der Waals surface area contributed by atoms with Crippen molar-refractivity contribution in [3.63, 3.8) is 0 Å². The summed E-state index contributed by atoms with van der Waals surface area (Å²) in [5.74, 6) is 0.858. The van der Waals surface area contributed by atoms with Gasteiger partial charge in [-0.15, -0.1) is 0 Å². The molecule has 2 N–H and O–H groups in total. The van der Waals surface area contributed by atoms with E-state index in [1.165, 1.54) is 11.1 Å². The molecular formula is C18H22BrNO. The molecule has 0 aromatic heterocycles. The molecule has 3 heteroatoms. The number of hydrogen-bond donors (Lipinski definition) is 1. The second-order valence-electron chi connectivity index (χ2n) is 5.31. The smallest absolute Gasteiger partial charge is 0.133 e. The van der Waals surface area contributed by atoms with Crippen molar-refractivity contribution in [2.45, 2.75) is 31.7 Å². The molecular weight excluding hydrogens is 326 g/mol. The lowest BCUT2D eigenvalue weighted by Gasteiger charge is -2.13. The molecule has 21 heavy (non-hydrogen) atoms. The maximum absolute atomic E-state index is 6.24. The Kier molecular flexibility index (Phi) is 6.27. The van der Waals surface area contributed by atoms with Gasteiger partial charge in [0.05, 0.1) is 11.6 Å². The highest BCUT2D eigenvalue weighted by molar-refractivity contribution is 9.10. The summed E-state index contributed by atoms with van der Waals surface area (Å²) in [7, 11) is 1.68. The first-order valence-electron chi connectivity index (χ1n) is 7.31. The van der Waals surface area contributed by atoms with Gasteiger partial charge in [0, 0.05) is 6.04 Å². The van der Waals surface area contributed by atoms with Gasteiger partial charge in [0.1, 0.15) is 5.75 Å². The van der Waals surface area contributed by atoms with Crippen LogP contribution in [-0.4, -0.2) is 13.2 Å². The number of rotatable bonds is 7. The number of halogens is 1. The molecule has 0 amide bonds. The Hall–Kier alpha value is -1.32. The first kappa shape index (κ1) is 16.1. The molecule has 0 heterocycles. The average molecular weight is 348 g/mol. The van der Waals surface area contributed by atoms with Gasteiger partial charge >= 0.3 is 0 Å². The van der Waals surface area contributed by atoms with Crippen LogP contribution >= 0.6 is 15.9 Å². The van der Waals surface area contributed by atoms with E-state index in [1.807, 2.05) is 6.07 Å². The third kappa shape index (κ3) is 5.18. The number of benzene rings is 2. The van der Waals surface area contributed by atoms with E-state index < -0.39 is 0 Å². The molecule has 0 saturated heterocycles. The van der Waals surface area contributed by atoms with Crippen LogP contribution in [0.25, 0.3) is 0 Å². The summed E-state index contributed by atoms with van der Waals surface area (Å²) < 4.78 is 6.23. The minimum Gasteiger partial charge on any atom is -0.496 e. The highest BCUT2D eigenvalue weighted by atomic mass is 79.9. The van der Waals surface area contributed by atoms with Gasteiger partial charge in [-0.3, -0.25) is 0 Å². The number of methoxy groups -OCH3 is 1. The van der Waals surface area contributed by atoms with Crippen molar-refractivity contribution in [2.24, 2.45) is 5.73 Å². The zero-order valence-electron chi connectivity index (χ0n) is 12.4. The number of ether oxygens (including phenoxy) is 1. The summed E-state index contributed by atoms with van der Waals surface area (Å²) >= 11 is 3.51. The lowest BCUT2D eigenvalue weighted by molar-refractivity contribution is 0.412. The Bertz CT molecular complexity index is 556. The Morgan fingerprint density at radius 1 is 1.10 bits per heavy atom. The first-order valence-corrected chi connectivity index (χ1v) is 8.10. The fourth-order valence-corrected chi connectivity index (χ4v) is 3.04. The van der Waals surface area contributed by atoms with Crippen molar-refractivity contribution in [1.82, 2.24) is 0 Å². The fourth-order valence-electron chi connectivity index (χ4n) is 2.45. The van der Waals surface area contributed by atoms with Crippen LogP contribution in [0.4, 0.5) is 0 Å². The van der Waals surface area contributed by atoms with E-state index in [2.05, 4.69) is 58.4 Å². The molecule has 2 aromatic carbocycles. The molecule has 2 aromatic rings. The Morgan fingerprint density at radius 2 is 1.86 bits per heavy atom. The van der Waals surface area contributed by atoms with E-state index in [9.17, 15) is 0 Å². The van der Waals surface area contributed by atoms with Crippen LogP contribution in [0.15, 0.2) is 53.0 Å². The summed E-state index contributed by atoms with van der Waals surface area (Å²) in [6, 6.07) is 16.9. The summed E-state index contributed by atoms with van der Waals surface area (Å²) in [4.78, 5) is 0. The minimum absolute atomic E-state index is 0.203. The topological polar surface area (TPSA) is 35.2 Å². The normalized spacial score (nSPS) is 12.1. The van der Waals surface area contributed by atoms with Crippen LogP contribution in [0.2, 0.25) is 0 Å². The van der Waals surface area contributed by atoms with Crippen LogP contribution in [0.1, 0.15) is 24.0 Å². The molecule has 0 aliphatic heterocycles. The molecule has 0 radical (unpaired) electrons. The van der Waals surface area contributed by atoms with Crippen molar-refractivity contribution in [3.05, 3.63) is 64.1 Å². The largest absolute Gasteiger partial charge is 0.496 e. The highest BCUT2D eigenvalue weighted by Gasteiger charge is 2.07. The number of nitrogens with two attached hydrogens (primary N) is 1. The van der Waals surface area contributed by atoms with Crippen LogP contribution < -0.4 is 10.5 Å². The van der Waals surface area contributed by atoms with Gasteiger partial charge in [-0.05, 0) is 64.9 Å². The lowest BCUT2D eigenvalue weighted by Crippen LogP contribution is -2.22. The maximum Gasteiger partial charge on any atom is 0.133 e. The van der Waals surface area contributed by atoms with E-state index >= 15 is 0 Å². The van der Waals surface area contributed by atoms with Gasteiger partial charge in [0.15, 0.2) is 0 Å². The van der Waals surface area contributed by atoms with Gasteiger partial charge in [-0.25, -0.2) is 0 Å². The molecule has 1 atom stereocenters. The Morgan fingerprint density at radius 3 is 2.52 bits per heavy atom. The summed E-state index contributed by atoms with van der Waals surface area (Å²) in [6.45, 7) is 0. The monoisotopic (exact) mass is 347 g/mol. The summed E-state index contributed by atoms with van der Waals surface area (Å²) in [6.07, 6.45) is 4.17. The minimum atomic E-state index is 0.203. The van der Waals surface area contributed by atoms with Crippen molar-refractivity contribution < 1.29 is 4.74 Å². The molecule has 0 fully saturated rings. The van der Waals surface area contributed by atoms with Crippen molar-refractivity contribution in [1.29, 1.82) is 0 Å². The lowest BCUT2D eigenvalue weighted by atomic mass is 10.00. The average Bonchev–Trinajstić information content (AvgIpc) is 2.48. The SMILES string of the molecule is COc1ccc(CC(N)CCCc2ccccc2)cc1Br. The Balaban J connectivity index is 1.79. The van der Waals surface area contributed by atoms with E-state index in [0.29, 0.717) is 0 Å². The molecule has 0 saturated carbocycles. The van der Waals surface area contributed by atoms with Gasteiger partial charge < -0.3 is 10.5 Å². The molecule has 0 spiro atoms. The van der Waals surface area contributed by atoms with Crippen molar-refractivity contribution in [3.8, 4) is 5.75 Å². The predicted molar refractivity (Wildman–Crippen MR) is 91.8 cm³/mol. The Labute approximate surface area is 135 Å². The second kappa shape index (κ2) is 8.20. The predicted octanol–water partition coefficient (Wildman–Crippen LogP) is 4.35. The van der Waals surface area contributed by atoms with Crippen molar-refractivity contribution >= 4 is 15.9 Å². The van der Waals surface area contributed by atoms with Gasteiger partial charge in [0.25, 0.3) is 0 Å². The third-order valence-electron chi connectivity index (χ3n) is 3.60. The van der Waals surface area contributed by atoms with Crippen LogP contribution in [0, 0.1) is 0 Å². The molecule has 2 rings (SSSR count). The number of hydrogen-bond acceptors (Lipinski definition) is 2. The van der Waals surface area contributed by atoms with Gasteiger partial charge in [-0.2, -0.15) is 0 Å². The highest BCUT2D eigenvalue weighted by Crippen LogP contribution is 2.26. The first-order chi connectivity index (χ1) is 10.2. The second-order valence-corrected chi connectivity index (χ2v) is 6.17. The quantitative estimate of drug-likeness (QED) is 0.807. The molecule has 1 unspecified atom stereocenters. The molecule has 0 bridgehead atoms. The standard InChI is InChI=1S/C18H22BrNO/c1-21-18-11-10-15(13-17(18)19)12-16(20)9-5-8-14-6-3-2-4-7-14/h2-4,6-7,10-11,13,16H,5,8-9,12,20H2,1H3. The molecule has 112 valence electrons. The molecule has 2 nitrogen and oxygen atoms in total. The van der Waals surface area contributed by atoms with Gasteiger partial charge in [0.2, 0.25) is 0 Å². The fraction of sp³-hybridized carbons (Fsp3) is 0.333. The molecule has 0 aliphatic carbocycles. The number of aryl methyl sites for hydroxylation is 1. The summed E-state index contributed by atoms with van der Waals surface area (Å²) in [5, 5.41) is 0. The van der Waals surface area contributed by atoms with Crippen molar-refractivity contribution in [2.75, 3.05) is 7.11 Å². The third-order valence-corrected chi connectivity index (χ3v) is 4.22. The van der Waals surface area contributed by atoms with E-state index in [0.717, 1.165) is 35.9 Å². The van der Waals surface area contributed by atoms with Crippen LogP contribution in [-0.2, 0) is 12.8 Å². The van der Waals surface area contributed by atoms with E-state index in [-0.39, 0.29) is 6.04 Å². The van der Waals surface area contributed by atoms with E-state index in [1.54, 1.807) is 7.11 Å². The van der Waals surface area contributed by atoms with Crippen LogP contribution in [0.5, 0.6) is 5.75 Å². The van der Waals surface area contributed by atoms with Crippen LogP contribution in [0.3, 0.4) is 0 Å².